The molecule has 0 unspecified atom stereocenters. The summed E-state index contributed by atoms with van der Waals surface area (Å²) in [5, 5.41) is 8.62. The van der Waals surface area contributed by atoms with Gasteiger partial charge < -0.3 is 19.5 Å². The zero-order valence-corrected chi connectivity index (χ0v) is 21.8. The first-order chi connectivity index (χ1) is 18.5. The highest BCUT2D eigenvalue weighted by Gasteiger charge is 2.36. The minimum atomic E-state index is -0.371. The zero-order chi connectivity index (χ0) is 26.2. The molecular formula is C30H26ClN5O2. The Bertz CT molecular complexity index is 1610. The van der Waals surface area contributed by atoms with E-state index in [9.17, 15) is 4.79 Å². The van der Waals surface area contributed by atoms with E-state index in [4.69, 9.17) is 21.4 Å². The standard InChI is InChI=1S/C30H26ClN5O2/c1-20-26-19-35(30(37)32-23-8-6-11-25(18-23)38-2)28(21-13-15-22(31)16-14-21)27-12-7-17-34(27)29(26)36(33-20)24-9-4-3-5-10-24/h3-18,28H,19H2,1-2H3,(H,32,37)/t28-/m1/s1. The number of anilines is 1. The van der Waals surface area contributed by atoms with Crippen LogP contribution in [0.5, 0.6) is 5.75 Å². The Balaban J connectivity index is 1.52. The summed E-state index contributed by atoms with van der Waals surface area (Å²) in [5.41, 5.74) is 5.35. The summed E-state index contributed by atoms with van der Waals surface area (Å²) in [6, 6.07) is 28.5. The van der Waals surface area contributed by atoms with Crippen molar-refractivity contribution in [3.8, 4) is 17.3 Å². The van der Waals surface area contributed by atoms with E-state index in [2.05, 4.69) is 16.0 Å². The maximum Gasteiger partial charge on any atom is 0.322 e. The monoisotopic (exact) mass is 523 g/mol. The summed E-state index contributed by atoms with van der Waals surface area (Å²) in [6.07, 6.45) is 2.03. The van der Waals surface area contributed by atoms with Crippen molar-refractivity contribution < 1.29 is 9.53 Å². The highest BCUT2D eigenvalue weighted by atomic mass is 35.5. The predicted molar refractivity (Wildman–Crippen MR) is 148 cm³/mol. The number of rotatable bonds is 4. The van der Waals surface area contributed by atoms with Crippen molar-refractivity contribution >= 4 is 23.3 Å². The number of carbonyl (C=O) groups excluding carboxylic acids is 1. The number of para-hydroxylation sites is 1. The van der Waals surface area contributed by atoms with Crippen molar-refractivity contribution in [1.29, 1.82) is 0 Å². The van der Waals surface area contributed by atoms with E-state index in [1.165, 1.54) is 0 Å². The van der Waals surface area contributed by atoms with Crippen LogP contribution in [-0.4, -0.2) is 32.4 Å². The molecule has 1 aliphatic heterocycles. The van der Waals surface area contributed by atoms with Gasteiger partial charge in [-0.1, -0.05) is 48.0 Å². The lowest BCUT2D eigenvalue weighted by molar-refractivity contribution is 0.194. The normalized spacial score (nSPS) is 14.4. The highest BCUT2D eigenvalue weighted by Crippen LogP contribution is 2.39. The Morgan fingerprint density at radius 2 is 1.79 bits per heavy atom. The maximum absolute atomic E-state index is 14.0. The molecule has 1 aliphatic rings. The second-order valence-corrected chi connectivity index (χ2v) is 9.62. The second kappa shape index (κ2) is 9.76. The fourth-order valence-corrected chi connectivity index (χ4v) is 5.17. The molecule has 0 spiro atoms. The molecule has 0 radical (unpaired) electrons. The number of fused-ring (bicyclic) bond motifs is 3. The number of nitrogens with one attached hydrogen (secondary N) is 1. The van der Waals surface area contributed by atoms with Crippen LogP contribution in [0.1, 0.15) is 28.6 Å². The number of nitrogens with zero attached hydrogens (tertiary/aromatic N) is 4. The topological polar surface area (TPSA) is 64.3 Å². The van der Waals surface area contributed by atoms with Crippen molar-refractivity contribution in [2.75, 3.05) is 12.4 Å². The lowest BCUT2D eigenvalue weighted by Crippen LogP contribution is -2.38. The number of hydrogen-bond donors (Lipinski definition) is 1. The van der Waals surface area contributed by atoms with Crippen LogP contribution < -0.4 is 10.1 Å². The third-order valence-electron chi connectivity index (χ3n) is 6.85. The summed E-state index contributed by atoms with van der Waals surface area (Å²) in [5.74, 6) is 1.59. The van der Waals surface area contributed by atoms with Gasteiger partial charge in [0.1, 0.15) is 11.6 Å². The Labute approximate surface area is 225 Å². The molecule has 2 aromatic heterocycles. The van der Waals surface area contributed by atoms with E-state index in [1.807, 2.05) is 102 Å². The Hall–Kier alpha value is -4.49. The van der Waals surface area contributed by atoms with Gasteiger partial charge in [-0.2, -0.15) is 5.10 Å². The van der Waals surface area contributed by atoms with Crippen LogP contribution in [0.3, 0.4) is 0 Å². The summed E-state index contributed by atoms with van der Waals surface area (Å²) >= 11 is 6.24. The first-order valence-corrected chi connectivity index (χ1v) is 12.7. The smallest absolute Gasteiger partial charge is 0.322 e. The number of amides is 2. The number of carbonyl (C=O) groups is 1. The molecule has 7 nitrogen and oxygen atoms in total. The number of urea groups is 1. The Morgan fingerprint density at radius 1 is 1.00 bits per heavy atom. The van der Waals surface area contributed by atoms with E-state index in [0.29, 0.717) is 23.0 Å². The fourth-order valence-electron chi connectivity index (χ4n) is 5.04. The first kappa shape index (κ1) is 23.9. The van der Waals surface area contributed by atoms with Gasteiger partial charge in [-0.3, -0.25) is 0 Å². The van der Waals surface area contributed by atoms with Gasteiger partial charge in [-0.15, -0.1) is 0 Å². The summed E-state index contributed by atoms with van der Waals surface area (Å²) < 4.78 is 9.45. The number of benzene rings is 3. The molecule has 3 aromatic carbocycles. The number of hydrogen-bond acceptors (Lipinski definition) is 3. The van der Waals surface area contributed by atoms with Crippen LogP contribution in [0.2, 0.25) is 5.02 Å². The number of halogens is 1. The summed E-state index contributed by atoms with van der Waals surface area (Å²) in [4.78, 5) is 15.9. The molecule has 1 atom stereocenters. The van der Waals surface area contributed by atoms with Crippen LogP contribution >= 0.6 is 11.6 Å². The van der Waals surface area contributed by atoms with E-state index < -0.39 is 0 Å². The summed E-state index contributed by atoms with van der Waals surface area (Å²) in [6.45, 7) is 2.35. The van der Waals surface area contributed by atoms with Gasteiger partial charge >= 0.3 is 6.03 Å². The van der Waals surface area contributed by atoms with Crippen molar-refractivity contribution in [1.82, 2.24) is 19.2 Å². The van der Waals surface area contributed by atoms with Gasteiger partial charge in [0.25, 0.3) is 0 Å². The Kier molecular flexibility index (Phi) is 6.13. The highest BCUT2D eigenvalue weighted by molar-refractivity contribution is 6.30. The van der Waals surface area contributed by atoms with Crippen LogP contribution in [0, 0.1) is 6.92 Å². The number of methoxy groups -OCH3 is 1. The molecule has 0 fully saturated rings. The number of ether oxygens (including phenoxy) is 1. The van der Waals surface area contributed by atoms with Crippen molar-refractivity contribution in [2.45, 2.75) is 19.5 Å². The van der Waals surface area contributed by atoms with Crippen LogP contribution in [-0.2, 0) is 6.54 Å². The first-order valence-electron chi connectivity index (χ1n) is 12.3. The Morgan fingerprint density at radius 3 is 2.55 bits per heavy atom. The van der Waals surface area contributed by atoms with Gasteiger partial charge in [0.2, 0.25) is 0 Å². The molecule has 0 saturated heterocycles. The molecule has 0 saturated carbocycles. The molecule has 2 amide bonds. The molecule has 0 bridgehead atoms. The van der Waals surface area contributed by atoms with Crippen LogP contribution in [0.25, 0.3) is 11.5 Å². The second-order valence-electron chi connectivity index (χ2n) is 9.18. The molecule has 190 valence electrons. The van der Waals surface area contributed by atoms with Gasteiger partial charge in [-0.25, -0.2) is 9.48 Å². The van der Waals surface area contributed by atoms with Crippen molar-refractivity contribution in [3.63, 3.8) is 0 Å². The van der Waals surface area contributed by atoms with E-state index in [-0.39, 0.29) is 12.1 Å². The molecular weight excluding hydrogens is 498 g/mol. The molecule has 8 heteroatoms. The predicted octanol–water partition coefficient (Wildman–Crippen LogP) is 6.77. The maximum atomic E-state index is 14.0. The zero-order valence-electron chi connectivity index (χ0n) is 21.0. The third kappa shape index (κ3) is 4.21. The van der Waals surface area contributed by atoms with E-state index >= 15 is 0 Å². The molecule has 0 aliphatic carbocycles. The van der Waals surface area contributed by atoms with Crippen LogP contribution in [0.4, 0.5) is 10.5 Å². The number of aromatic nitrogens is 3. The molecule has 3 heterocycles. The quantitative estimate of drug-likeness (QED) is 0.283. The average Bonchev–Trinajstić information content (AvgIpc) is 3.50. The largest absolute Gasteiger partial charge is 0.497 e. The number of aryl methyl sites for hydroxylation is 1. The summed E-state index contributed by atoms with van der Waals surface area (Å²) in [7, 11) is 1.61. The van der Waals surface area contributed by atoms with Gasteiger partial charge in [0.05, 0.1) is 36.8 Å². The fraction of sp³-hybridized carbons (Fsp3) is 0.133. The lowest BCUT2D eigenvalue weighted by Gasteiger charge is -2.31. The minimum absolute atomic E-state index is 0.231. The lowest BCUT2D eigenvalue weighted by atomic mass is 10.0. The molecule has 5 aromatic rings. The van der Waals surface area contributed by atoms with Gasteiger partial charge in [-0.05, 0) is 61.0 Å². The average molecular weight is 524 g/mol. The third-order valence-corrected chi connectivity index (χ3v) is 7.11. The van der Waals surface area contributed by atoms with Gasteiger partial charge in [0, 0.05) is 28.5 Å². The SMILES string of the molecule is COc1cccc(NC(=O)N2Cc3c(C)nn(-c4ccccc4)c3-n3cccc3[C@H]2c2ccc(Cl)cc2)c1. The van der Waals surface area contributed by atoms with Crippen molar-refractivity contribution in [2.24, 2.45) is 0 Å². The van der Waals surface area contributed by atoms with Gasteiger partial charge in [0.15, 0.2) is 0 Å². The van der Waals surface area contributed by atoms with Crippen molar-refractivity contribution in [3.05, 3.63) is 125 Å². The van der Waals surface area contributed by atoms with E-state index in [0.717, 1.165) is 34.0 Å². The molecule has 38 heavy (non-hydrogen) atoms. The molecule has 6 rings (SSSR count). The van der Waals surface area contributed by atoms with Crippen LogP contribution in [0.15, 0.2) is 97.2 Å². The minimum Gasteiger partial charge on any atom is -0.497 e. The molecule has 1 N–H and O–H groups in total. The van der Waals surface area contributed by atoms with E-state index in [1.54, 1.807) is 13.2 Å².